The third kappa shape index (κ3) is 3.75. The van der Waals surface area contributed by atoms with Gasteiger partial charge < -0.3 is 29.3 Å². The first-order chi connectivity index (χ1) is 15.3. The topological polar surface area (TPSA) is 118 Å². The van der Waals surface area contributed by atoms with Crippen LogP contribution in [-0.2, 0) is 20.5 Å². The molecule has 1 heterocycles. The monoisotopic (exact) mass is 460 g/mol. The SMILES string of the molecule is COc1ccc(OC)c(S(=O)(=O)N=C2C=C3N(CCO)CCO[C@@]3(O)c3ccccc32)c1. The number of allylic oxidation sites excluding steroid dienone is 1. The molecular formula is C22H24N2O7S. The zero-order chi connectivity index (χ0) is 22.9. The second-order valence-electron chi connectivity index (χ2n) is 7.25. The summed E-state index contributed by atoms with van der Waals surface area (Å²) < 4.78 is 46.8. The molecule has 1 fully saturated rings. The molecular weight excluding hydrogens is 436 g/mol. The first kappa shape index (κ1) is 22.3. The number of rotatable bonds is 6. The van der Waals surface area contributed by atoms with Gasteiger partial charge in [-0.15, -0.1) is 0 Å². The fourth-order valence-electron chi connectivity index (χ4n) is 3.92. The molecule has 0 amide bonds. The number of aliphatic hydroxyl groups excluding tert-OH is 1. The lowest BCUT2D eigenvalue weighted by Gasteiger charge is -2.45. The molecule has 1 atom stereocenters. The van der Waals surface area contributed by atoms with Crippen molar-refractivity contribution in [1.82, 2.24) is 4.90 Å². The zero-order valence-electron chi connectivity index (χ0n) is 17.7. The van der Waals surface area contributed by atoms with Gasteiger partial charge in [-0.2, -0.15) is 12.8 Å². The molecule has 32 heavy (non-hydrogen) atoms. The van der Waals surface area contributed by atoms with Gasteiger partial charge in [0.25, 0.3) is 10.0 Å². The van der Waals surface area contributed by atoms with E-state index >= 15 is 0 Å². The summed E-state index contributed by atoms with van der Waals surface area (Å²) >= 11 is 0. The summed E-state index contributed by atoms with van der Waals surface area (Å²) in [5.74, 6) is -1.29. The van der Waals surface area contributed by atoms with Crippen molar-refractivity contribution >= 4 is 15.7 Å². The smallest absolute Gasteiger partial charge is 0.286 e. The van der Waals surface area contributed by atoms with Crippen molar-refractivity contribution in [2.45, 2.75) is 10.7 Å². The van der Waals surface area contributed by atoms with Crippen molar-refractivity contribution in [1.29, 1.82) is 0 Å². The van der Waals surface area contributed by atoms with Gasteiger partial charge in [-0.25, -0.2) is 0 Å². The lowest BCUT2D eigenvalue weighted by atomic mass is 9.86. The highest BCUT2D eigenvalue weighted by Gasteiger charge is 2.46. The van der Waals surface area contributed by atoms with Gasteiger partial charge in [0, 0.05) is 30.3 Å². The molecule has 1 aliphatic carbocycles. The van der Waals surface area contributed by atoms with E-state index in [-0.39, 0.29) is 36.1 Å². The number of hydrogen-bond donors (Lipinski definition) is 2. The van der Waals surface area contributed by atoms with Crippen LogP contribution in [0.4, 0.5) is 0 Å². The van der Waals surface area contributed by atoms with Crippen molar-refractivity contribution in [3.8, 4) is 11.5 Å². The third-order valence-corrected chi connectivity index (χ3v) is 6.75. The first-order valence-electron chi connectivity index (χ1n) is 9.95. The van der Waals surface area contributed by atoms with Crippen LogP contribution in [0.25, 0.3) is 0 Å². The van der Waals surface area contributed by atoms with Gasteiger partial charge in [-0.1, -0.05) is 24.3 Å². The number of sulfonamides is 1. The van der Waals surface area contributed by atoms with Gasteiger partial charge >= 0.3 is 0 Å². The highest BCUT2D eigenvalue weighted by molar-refractivity contribution is 7.90. The molecule has 2 N–H and O–H groups in total. The molecule has 0 bridgehead atoms. The summed E-state index contributed by atoms with van der Waals surface area (Å²) in [6.07, 6.45) is 1.49. The van der Waals surface area contributed by atoms with Crippen LogP contribution in [0, 0.1) is 0 Å². The minimum absolute atomic E-state index is 0.131. The quantitative estimate of drug-likeness (QED) is 0.661. The van der Waals surface area contributed by atoms with Crippen LogP contribution >= 0.6 is 0 Å². The Balaban J connectivity index is 1.91. The average Bonchev–Trinajstić information content (AvgIpc) is 2.80. The number of hydrogen-bond acceptors (Lipinski definition) is 8. The molecule has 1 aliphatic heterocycles. The molecule has 0 radical (unpaired) electrons. The fraction of sp³-hybridized carbons (Fsp3) is 0.318. The number of aliphatic hydroxyl groups is 2. The van der Waals surface area contributed by atoms with E-state index in [1.807, 2.05) is 0 Å². The standard InChI is InChI=1S/C22H24N2O7S/c1-29-15-7-8-19(30-2)20(13-15)32(27,28)23-18-14-21-22(26,17-6-4-3-5-16(17)18)31-12-10-24(21)9-11-25/h3-8,13-14,25-26H,9-12H2,1-2H3/t22-/m0/s1. The Labute approximate surface area is 186 Å². The molecule has 1 saturated heterocycles. The number of morpholine rings is 1. The minimum atomic E-state index is -4.22. The number of methoxy groups -OCH3 is 2. The Morgan fingerprint density at radius 2 is 1.97 bits per heavy atom. The van der Waals surface area contributed by atoms with Gasteiger partial charge in [-0.3, -0.25) is 0 Å². The van der Waals surface area contributed by atoms with Crippen molar-refractivity contribution in [2.75, 3.05) is 40.5 Å². The van der Waals surface area contributed by atoms with Crippen LogP contribution in [0.15, 0.2) is 63.5 Å². The maximum absolute atomic E-state index is 13.3. The Hall–Kier alpha value is -2.92. The van der Waals surface area contributed by atoms with E-state index < -0.39 is 15.8 Å². The van der Waals surface area contributed by atoms with Crippen LogP contribution in [-0.4, -0.2) is 69.8 Å². The lowest BCUT2D eigenvalue weighted by molar-refractivity contribution is -0.219. The lowest BCUT2D eigenvalue weighted by Crippen LogP contribution is -2.50. The van der Waals surface area contributed by atoms with E-state index in [2.05, 4.69) is 4.40 Å². The zero-order valence-corrected chi connectivity index (χ0v) is 18.5. The van der Waals surface area contributed by atoms with Gasteiger partial charge in [-0.05, 0) is 18.2 Å². The molecule has 0 unspecified atom stereocenters. The molecule has 9 nitrogen and oxygen atoms in total. The minimum Gasteiger partial charge on any atom is -0.497 e. The van der Waals surface area contributed by atoms with Crippen molar-refractivity contribution in [2.24, 2.45) is 4.40 Å². The van der Waals surface area contributed by atoms with Gasteiger partial charge in [0.05, 0.1) is 38.8 Å². The van der Waals surface area contributed by atoms with Gasteiger partial charge in [0.15, 0.2) is 0 Å². The van der Waals surface area contributed by atoms with E-state index in [4.69, 9.17) is 14.2 Å². The predicted molar refractivity (Wildman–Crippen MR) is 116 cm³/mol. The molecule has 2 aromatic carbocycles. The summed E-state index contributed by atoms with van der Waals surface area (Å²) in [7, 11) is -1.41. The fourth-order valence-corrected chi connectivity index (χ4v) is 5.10. The molecule has 170 valence electrons. The molecule has 2 aliphatic rings. The van der Waals surface area contributed by atoms with Gasteiger partial charge in [0.1, 0.15) is 16.4 Å². The van der Waals surface area contributed by atoms with Crippen LogP contribution in [0.1, 0.15) is 11.1 Å². The van der Waals surface area contributed by atoms with Crippen LogP contribution < -0.4 is 9.47 Å². The Morgan fingerprint density at radius 1 is 1.19 bits per heavy atom. The van der Waals surface area contributed by atoms with Crippen molar-refractivity contribution in [3.05, 3.63) is 65.4 Å². The Kier molecular flexibility index (Phi) is 5.95. The van der Waals surface area contributed by atoms with Gasteiger partial charge in [0.2, 0.25) is 5.79 Å². The molecule has 0 saturated carbocycles. The average molecular weight is 461 g/mol. The maximum atomic E-state index is 13.3. The normalized spacial score (nSPS) is 21.6. The van der Waals surface area contributed by atoms with Crippen LogP contribution in [0.2, 0.25) is 0 Å². The van der Waals surface area contributed by atoms with Crippen LogP contribution in [0.3, 0.4) is 0 Å². The predicted octanol–water partition coefficient (Wildman–Crippen LogP) is 1.25. The largest absolute Gasteiger partial charge is 0.497 e. The Morgan fingerprint density at radius 3 is 2.69 bits per heavy atom. The third-order valence-electron chi connectivity index (χ3n) is 5.44. The second-order valence-corrected chi connectivity index (χ2v) is 8.82. The van der Waals surface area contributed by atoms with E-state index in [0.29, 0.717) is 29.1 Å². The maximum Gasteiger partial charge on any atom is 0.286 e. The number of nitrogens with zero attached hydrogens (tertiary/aromatic N) is 2. The summed E-state index contributed by atoms with van der Waals surface area (Å²) in [5.41, 5.74) is 1.27. The number of fused-ring (bicyclic) bond motifs is 3. The Bertz CT molecular complexity index is 1190. The summed E-state index contributed by atoms with van der Waals surface area (Å²) in [6.45, 7) is 0.790. The summed E-state index contributed by atoms with van der Waals surface area (Å²) in [4.78, 5) is 1.61. The first-order valence-corrected chi connectivity index (χ1v) is 11.4. The molecule has 2 aromatic rings. The number of ether oxygens (including phenoxy) is 3. The molecule has 10 heteroatoms. The number of β-amino-alcohol motifs (C(OH)–C–C–N with tert-alkyl or cyclic N) is 1. The second kappa shape index (κ2) is 8.55. The van der Waals surface area contributed by atoms with Crippen molar-refractivity contribution < 1.29 is 32.8 Å². The summed E-state index contributed by atoms with van der Waals surface area (Å²) in [5, 5.41) is 20.8. The highest BCUT2D eigenvalue weighted by atomic mass is 32.2. The van der Waals surface area contributed by atoms with E-state index in [0.717, 1.165) is 0 Å². The van der Waals surface area contributed by atoms with Crippen LogP contribution in [0.5, 0.6) is 11.5 Å². The summed E-state index contributed by atoms with van der Waals surface area (Å²) in [6, 6.07) is 11.2. The number of benzene rings is 2. The van der Waals surface area contributed by atoms with E-state index in [1.54, 1.807) is 35.2 Å². The molecule has 0 aromatic heterocycles. The van der Waals surface area contributed by atoms with E-state index in [9.17, 15) is 18.6 Å². The van der Waals surface area contributed by atoms with Crippen molar-refractivity contribution in [3.63, 3.8) is 0 Å². The molecule has 4 rings (SSSR count). The molecule has 0 spiro atoms. The highest BCUT2D eigenvalue weighted by Crippen LogP contribution is 2.42. The van der Waals surface area contributed by atoms with E-state index in [1.165, 1.54) is 32.4 Å².